The van der Waals surface area contributed by atoms with Gasteiger partial charge in [0.25, 0.3) is 0 Å². The Balaban J connectivity index is 2.27. The summed E-state index contributed by atoms with van der Waals surface area (Å²) in [5.41, 5.74) is 8.33. The maximum atomic E-state index is 6.28. The van der Waals surface area contributed by atoms with E-state index in [9.17, 15) is 0 Å². The second-order valence-corrected chi connectivity index (χ2v) is 4.57. The van der Waals surface area contributed by atoms with Gasteiger partial charge in [0.15, 0.2) is 11.5 Å². The van der Waals surface area contributed by atoms with Crippen LogP contribution in [0, 0.1) is 6.92 Å². The molecular weight excluding hydrogens is 246 g/mol. The number of benzene rings is 1. The van der Waals surface area contributed by atoms with E-state index in [-0.39, 0.29) is 12.1 Å². The topological polar surface area (TPSA) is 62.9 Å². The van der Waals surface area contributed by atoms with Gasteiger partial charge in [0.1, 0.15) is 6.10 Å². The second kappa shape index (κ2) is 6.23. The van der Waals surface area contributed by atoms with Crippen LogP contribution in [0.25, 0.3) is 0 Å². The monoisotopic (exact) mass is 267 g/mol. The van der Waals surface area contributed by atoms with Gasteiger partial charge in [-0.15, -0.1) is 0 Å². The maximum absolute atomic E-state index is 6.28. The highest BCUT2D eigenvalue weighted by Gasteiger charge is 2.25. The van der Waals surface area contributed by atoms with Gasteiger partial charge in [-0.05, 0) is 30.2 Å². The van der Waals surface area contributed by atoms with E-state index in [0.29, 0.717) is 31.3 Å². The zero-order valence-electron chi connectivity index (χ0n) is 11.6. The van der Waals surface area contributed by atoms with Crippen molar-refractivity contribution in [2.24, 2.45) is 5.73 Å². The lowest BCUT2D eigenvalue weighted by molar-refractivity contribution is -0.0976. The maximum Gasteiger partial charge on any atom is 0.161 e. The molecule has 2 atom stereocenters. The molecule has 19 heavy (non-hydrogen) atoms. The molecule has 106 valence electrons. The highest BCUT2D eigenvalue weighted by atomic mass is 16.6. The fourth-order valence-corrected chi connectivity index (χ4v) is 2.27. The van der Waals surface area contributed by atoms with Gasteiger partial charge in [-0.25, -0.2) is 0 Å². The molecule has 1 saturated heterocycles. The first-order valence-electron chi connectivity index (χ1n) is 6.34. The molecule has 1 aromatic carbocycles. The van der Waals surface area contributed by atoms with Gasteiger partial charge in [0, 0.05) is 0 Å². The summed E-state index contributed by atoms with van der Waals surface area (Å²) in [5, 5.41) is 0. The lowest BCUT2D eigenvalue weighted by Crippen LogP contribution is -2.38. The fourth-order valence-electron chi connectivity index (χ4n) is 2.27. The molecule has 5 nitrogen and oxygen atoms in total. The van der Waals surface area contributed by atoms with Crippen LogP contribution in [0.2, 0.25) is 0 Å². The number of rotatable bonds is 4. The molecule has 0 amide bonds. The molecule has 0 bridgehead atoms. The van der Waals surface area contributed by atoms with Crippen LogP contribution in [-0.2, 0) is 9.47 Å². The lowest BCUT2D eigenvalue weighted by atomic mass is 9.97. The van der Waals surface area contributed by atoms with E-state index in [2.05, 4.69) is 0 Å². The van der Waals surface area contributed by atoms with Gasteiger partial charge in [-0.3, -0.25) is 0 Å². The van der Waals surface area contributed by atoms with Gasteiger partial charge in [-0.2, -0.15) is 0 Å². The standard InChI is InChI=1S/C14H21NO4/c1-9-6-11(16-2)12(17-3)7-10(9)14(15)13-8-18-4-5-19-13/h6-7,13-14H,4-5,8,15H2,1-3H3. The van der Waals surface area contributed by atoms with Crippen LogP contribution in [0.5, 0.6) is 11.5 Å². The van der Waals surface area contributed by atoms with Crippen molar-refractivity contribution in [2.45, 2.75) is 19.1 Å². The van der Waals surface area contributed by atoms with Gasteiger partial charge in [-0.1, -0.05) is 0 Å². The first kappa shape index (κ1) is 14.1. The number of hydrogen-bond acceptors (Lipinski definition) is 5. The molecule has 1 heterocycles. The highest BCUT2D eigenvalue weighted by molar-refractivity contribution is 5.48. The van der Waals surface area contributed by atoms with Crippen molar-refractivity contribution in [3.05, 3.63) is 23.3 Å². The smallest absolute Gasteiger partial charge is 0.161 e. The largest absolute Gasteiger partial charge is 0.493 e. The zero-order valence-corrected chi connectivity index (χ0v) is 11.6. The summed E-state index contributed by atoms with van der Waals surface area (Å²) in [5.74, 6) is 1.38. The van der Waals surface area contributed by atoms with Crippen molar-refractivity contribution in [1.82, 2.24) is 0 Å². The summed E-state index contributed by atoms with van der Waals surface area (Å²) in [4.78, 5) is 0. The van der Waals surface area contributed by atoms with Crippen LogP contribution in [0.1, 0.15) is 17.2 Å². The zero-order chi connectivity index (χ0) is 13.8. The Labute approximate surface area is 113 Å². The quantitative estimate of drug-likeness (QED) is 0.894. The average Bonchev–Trinajstić information content (AvgIpc) is 2.47. The first-order chi connectivity index (χ1) is 9.17. The van der Waals surface area contributed by atoms with Gasteiger partial charge in [0.2, 0.25) is 0 Å². The van der Waals surface area contributed by atoms with Crippen molar-refractivity contribution < 1.29 is 18.9 Å². The van der Waals surface area contributed by atoms with Crippen LogP contribution in [0.3, 0.4) is 0 Å². The average molecular weight is 267 g/mol. The summed E-state index contributed by atoms with van der Waals surface area (Å²) in [7, 11) is 3.23. The van der Waals surface area contributed by atoms with E-state index in [4.69, 9.17) is 24.7 Å². The molecule has 1 aliphatic rings. The second-order valence-electron chi connectivity index (χ2n) is 4.57. The number of nitrogens with two attached hydrogens (primary N) is 1. The van der Waals surface area contributed by atoms with Gasteiger partial charge >= 0.3 is 0 Å². The molecule has 0 radical (unpaired) electrons. The number of ether oxygens (including phenoxy) is 4. The van der Waals surface area contributed by atoms with Crippen LogP contribution >= 0.6 is 0 Å². The predicted octanol–water partition coefficient (Wildman–Crippen LogP) is 1.43. The van der Waals surface area contributed by atoms with Crippen LogP contribution < -0.4 is 15.2 Å². The minimum atomic E-state index is -0.236. The Morgan fingerprint density at radius 2 is 1.89 bits per heavy atom. The number of hydrogen-bond donors (Lipinski definition) is 1. The normalized spacial score (nSPS) is 20.9. The van der Waals surface area contributed by atoms with Crippen molar-refractivity contribution in [3.8, 4) is 11.5 Å². The van der Waals surface area contributed by atoms with Crippen LogP contribution in [0.15, 0.2) is 12.1 Å². The van der Waals surface area contributed by atoms with E-state index in [0.717, 1.165) is 11.1 Å². The summed E-state index contributed by atoms with van der Waals surface area (Å²) in [6.45, 7) is 3.74. The van der Waals surface area contributed by atoms with Gasteiger partial charge in [0.05, 0.1) is 40.1 Å². The molecule has 1 aliphatic heterocycles. The molecule has 0 saturated carbocycles. The van der Waals surface area contributed by atoms with Crippen LogP contribution in [-0.4, -0.2) is 40.1 Å². The molecule has 5 heteroatoms. The summed E-state index contributed by atoms with van der Waals surface area (Å²) in [6.07, 6.45) is -0.120. The van der Waals surface area contributed by atoms with E-state index < -0.39 is 0 Å². The summed E-state index contributed by atoms with van der Waals surface area (Å²) >= 11 is 0. The van der Waals surface area contributed by atoms with E-state index in [1.54, 1.807) is 14.2 Å². The molecule has 0 spiro atoms. The Hall–Kier alpha value is -1.30. The van der Waals surface area contributed by atoms with Crippen molar-refractivity contribution >= 4 is 0 Å². The van der Waals surface area contributed by atoms with E-state index in [1.165, 1.54) is 0 Å². The van der Waals surface area contributed by atoms with Crippen molar-refractivity contribution in [3.63, 3.8) is 0 Å². The first-order valence-corrected chi connectivity index (χ1v) is 6.34. The minimum absolute atomic E-state index is 0.120. The minimum Gasteiger partial charge on any atom is -0.493 e. The molecule has 2 unspecified atom stereocenters. The number of aryl methyl sites for hydroxylation is 1. The van der Waals surface area contributed by atoms with Crippen LogP contribution in [0.4, 0.5) is 0 Å². The molecule has 0 aromatic heterocycles. The van der Waals surface area contributed by atoms with Gasteiger partial charge < -0.3 is 24.7 Å². The molecular formula is C14H21NO4. The Morgan fingerprint density at radius 3 is 2.47 bits per heavy atom. The highest BCUT2D eigenvalue weighted by Crippen LogP contribution is 2.33. The summed E-state index contributed by atoms with van der Waals surface area (Å²) in [6, 6.07) is 3.61. The Kier molecular flexibility index (Phi) is 4.63. The fraction of sp³-hybridized carbons (Fsp3) is 0.571. The van der Waals surface area contributed by atoms with Crippen molar-refractivity contribution in [2.75, 3.05) is 34.0 Å². The van der Waals surface area contributed by atoms with Crippen molar-refractivity contribution in [1.29, 1.82) is 0 Å². The number of methoxy groups -OCH3 is 2. The third-order valence-corrected chi connectivity index (χ3v) is 3.37. The van der Waals surface area contributed by atoms with E-state index >= 15 is 0 Å². The Morgan fingerprint density at radius 1 is 1.21 bits per heavy atom. The Bertz CT molecular complexity index is 430. The van der Waals surface area contributed by atoms with E-state index in [1.807, 2.05) is 19.1 Å². The predicted molar refractivity (Wildman–Crippen MR) is 71.8 cm³/mol. The molecule has 1 fully saturated rings. The molecule has 1 aromatic rings. The lowest BCUT2D eigenvalue weighted by Gasteiger charge is -2.29. The molecule has 2 rings (SSSR count). The summed E-state index contributed by atoms with van der Waals surface area (Å²) < 4.78 is 21.7. The molecule has 0 aliphatic carbocycles. The third kappa shape index (κ3) is 3.00. The SMILES string of the molecule is COc1cc(C)c(C(N)C2COCCO2)cc1OC. The third-order valence-electron chi connectivity index (χ3n) is 3.37. The molecule has 2 N–H and O–H groups in total.